The Kier molecular flexibility index (Phi) is 5.23. The van der Waals surface area contributed by atoms with Crippen LogP contribution in [0.25, 0.3) is 0 Å². The summed E-state index contributed by atoms with van der Waals surface area (Å²) in [5.41, 5.74) is 0.0116. The highest BCUT2D eigenvalue weighted by atomic mass is 19.1. The fourth-order valence-corrected chi connectivity index (χ4v) is 1.61. The zero-order valence-electron chi connectivity index (χ0n) is 11.4. The molecule has 0 aliphatic carbocycles. The summed E-state index contributed by atoms with van der Waals surface area (Å²) in [6.07, 6.45) is 0.825. The second-order valence-electron chi connectivity index (χ2n) is 5.18. The van der Waals surface area contributed by atoms with Gasteiger partial charge in [0.2, 0.25) is 0 Å². The molecule has 1 rings (SSSR count). The molecular formula is C13H19FN2O3. The Morgan fingerprint density at radius 3 is 2.74 bits per heavy atom. The molecule has 1 aromatic rings. The molecule has 0 radical (unpaired) electrons. The van der Waals surface area contributed by atoms with Gasteiger partial charge in [-0.3, -0.25) is 10.1 Å². The van der Waals surface area contributed by atoms with Gasteiger partial charge < -0.3 is 10.1 Å². The molecule has 1 aromatic carbocycles. The number of hydrogen-bond acceptors (Lipinski definition) is 4. The monoisotopic (exact) mass is 270 g/mol. The lowest BCUT2D eigenvalue weighted by atomic mass is 9.89. The smallest absolute Gasteiger partial charge is 0.295 e. The van der Waals surface area contributed by atoms with E-state index in [-0.39, 0.29) is 11.1 Å². The Balaban J connectivity index is 2.75. The van der Waals surface area contributed by atoms with Crippen molar-refractivity contribution in [3.8, 4) is 0 Å². The fourth-order valence-electron chi connectivity index (χ4n) is 1.61. The minimum Gasteiger partial charge on any atom is -0.385 e. The van der Waals surface area contributed by atoms with Crippen LogP contribution in [0.2, 0.25) is 0 Å². The van der Waals surface area contributed by atoms with Crippen molar-refractivity contribution in [3.63, 3.8) is 0 Å². The maximum Gasteiger partial charge on any atom is 0.295 e. The van der Waals surface area contributed by atoms with E-state index < -0.39 is 10.7 Å². The van der Waals surface area contributed by atoms with Gasteiger partial charge in [-0.15, -0.1) is 0 Å². The van der Waals surface area contributed by atoms with Crippen molar-refractivity contribution in [1.82, 2.24) is 0 Å². The summed E-state index contributed by atoms with van der Waals surface area (Å²) < 4.78 is 18.0. The molecule has 0 aliphatic rings. The molecule has 1 N–H and O–H groups in total. The van der Waals surface area contributed by atoms with Crippen LogP contribution in [0.1, 0.15) is 20.3 Å². The third-order valence-corrected chi connectivity index (χ3v) is 2.90. The van der Waals surface area contributed by atoms with E-state index in [1.165, 1.54) is 12.1 Å². The minimum atomic E-state index is -0.615. The van der Waals surface area contributed by atoms with Gasteiger partial charge in [0.15, 0.2) is 0 Å². The Bertz CT molecular complexity index is 450. The van der Waals surface area contributed by atoms with Crippen molar-refractivity contribution in [2.45, 2.75) is 20.3 Å². The third kappa shape index (κ3) is 4.82. The van der Waals surface area contributed by atoms with Crippen molar-refractivity contribution in [2.75, 3.05) is 25.6 Å². The van der Waals surface area contributed by atoms with Crippen LogP contribution in [-0.4, -0.2) is 25.2 Å². The molecule has 0 aromatic heterocycles. The summed E-state index contributed by atoms with van der Waals surface area (Å²) in [6, 6.07) is 3.52. The van der Waals surface area contributed by atoms with Crippen LogP contribution in [0.15, 0.2) is 18.2 Å². The van der Waals surface area contributed by atoms with E-state index in [1.54, 1.807) is 7.11 Å². The highest BCUT2D eigenvalue weighted by Gasteiger charge is 2.20. The number of nitrogens with one attached hydrogen (secondary N) is 1. The van der Waals surface area contributed by atoms with E-state index in [2.05, 4.69) is 5.32 Å². The SMILES string of the molecule is COCCC(C)(C)CNc1ccc(F)cc1[N+](=O)[O-]. The number of anilines is 1. The first-order valence-corrected chi connectivity index (χ1v) is 6.02. The molecule has 5 nitrogen and oxygen atoms in total. The summed E-state index contributed by atoms with van der Waals surface area (Å²) in [5, 5.41) is 13.9. The molecule has 0 heterocycles. The quantitative estimate of drug-likeness (QED) is 0.610. The lowest BCUT2D eigenvalue weighted by Crippen LogP contribution is -2.24. The number of methoxy groups -OCH3 is 1. The van der Waals surface area contributed by atoms with Gasteiger partial charge in [-0.1, -0.05) is 13.8 Å². The maximum atomic E-state index is 13.0. The summed E-state index contributed by atoms with van der Waals surface area (Å²) in [4.78, 5) is 10.3. The summed E-state index contributed by atoms with van der Waals surface area (Å²) in [5.74, 6) is -0.615. The second kappa shape index (κ2) is 6.47. The van der Waals surface area contributed by atoms with E-state index >= 15 is 0 Å². The number of nitrogens with zero attached hydrogens (tertiary/aromatic N) is 1. The number of rotatable bonds is 7. The Labute approximate surface area is 111 Å². The number of halogens is 1. The Morgan fingerprint density at radius 1 is 1.47 bits per heavy atom. The van der Waals surface area contributed by atoms with Gasteiger partial charge in [0.25, 0.3) is 5.69 Å². The molecule has 0 unspecified atom stereocenters. The standard InChI is InChI=1S/C13H19FN2O3/c1-13(2,6-7-19-3)9-15-11-5-4-10(14)8-12(11)16(17)18/h4-5,8,15H,6-7,9H2,1-3H3. The summed E-state index contributed by atoms with van der Waals surface area (Å²) in [7, 11) is 1.63. The zero-order chi connectivity index (χ0) is 14.5. The van der Waals surface area contributed by atoms with E-state index in [0.717, 1.165) is 12.5 Å². The molecule has 0 bridgehead atoms. The Hall–Kier alpha value is -1.69. The highest BCUT2D eigenvalue weighted by molar-refractivity contribution is 5.61. The van der Waals surface area contributed by atoms with Crippen LogP contribution in [0, 0.1) is 21.3 Å². The lowest BCUT2D eigenvalue weighted by molar-refractivity contribution is -0.384. The number of ether oxygens (including phenoxy) is 1. The molecule has 0 aliphatic heterocycles. The van der Waals surface area contributed by atoms with Crippen LogP contribution in [0.4, 0.5) is 15.8 Å². The molecule has 0 fully saturated rings. The van der Waals surface area contributed by atoms with Crippen molar-refractivity contribution >= 4 is 11.4 Å². The maximum absolute atomic E-state index is 13.0. The minimum absolute atomic E-state index is 0.0712. The van der Waals surface area contributed by atoms with Gasteiger partial charge in [0.05, 0.1) is 11.0 Å². The molecule has 0 saturated carbocycles. The van der Waals surface area contributed by atoms with E-state index in [4.69, 9.17) is 4.74 Å². The van der Waals surface area contributed by atoms with Crippen LogP contribution in [0.3, 0.4) is 0 Å². The first kappa shape index (κ1) is 15.4. The summed E-state index contributed by atoms with van der Waals surface area (Å²) >= 11 is 0. The topological polar surface area (TPSA) is 64.4 Å². The Morgan fingerprint density at radius 2 is 2.16 bits per heavy atom. The highest BCUT2D eigenvalue weighted by Crippen LogP contribution is 2.27. The van der Waals surface area contributed by atoms with Gasteiger partial charge in [-0.25, -0.2) is 4.39 Å². The van der Waals surface area contributed by atoms with Crippen molar-refractivity contribution in [1.29, 1.82) is 0 Å². The molecule has 6 heteroatoms. The molecular weight excluding hydrogens is 251 g/mol. The van der Waals surface area contributed by atoms with Gasteiger partial charge in [-0.2, -0.15) is 0 Å². The molecule has 106 valence electrons. The molecule has 0 atom stereocenters. The summed E-state index contributed by atoms with van der Waals surface area (Å²) in [6.45, 7) is 5.24. The van der Waals surface area contributed by atoms with Crippen LogP contribution < -0.4 is 5.32 Å². The fraction of sp³-hybridized carbons (Fsp3) is 0.538. The van der Waals surface area contributed by atoms with Crippen LogP contribution in [-0.2, 0) is 4.74 Å². The normalized spacial score (nSPS) is 11.4. The van der Waals surface area contributed by atoms with E-state index in [0.29, 0.717) is 18.8 Å². The predicted octanol–water partition coefficient (Wildman–Crippen LogP) is 3.21. The van der Waals surface area contributed by atoms with Gasteiger partial charge >= 0.3 is 0 Å². The number of nitro groups is 1. The van der Waals surface area contributed by atoms with Crippen LogP contribution >= 0.6 is 0 Å². The number of hydrogen-bond donors (Lipinski definition) is 1. The van der Waals surface area contributed by atoms with Crippen LogP contribution in [0.5, 0.6) is 0 Å². The van der Waals surface area contributed by atoms with Crippen molar-refractivity contribution in [3.05, 3.63) is 34.1 Å². The average molecular weight is 270 g/mol. The third-order valence-electron chi connectivity index (χ3n) is 2.90. The first-order chi connectivity index (χ1) is 8.85. The van der Waals surface area contributed by atoms with Gasteiger partial charge in [-0.05, 0) is 24.0 Å². The first-order valence-electron chi connectivity index (χ1n) is 6.02. The average Bonchev–Trinajstić information content (AvgIpc) is 2.35. The van der Waals surface area contributed by atoms with Gasteiger partial charge in [0.1, 0.15) is 11.5 Å². The van der Waals surface area contributed by atoms with Crippen molar-refractivity contribution in [2.24, 2.45) is 5.41 Å². The molecule has 0 spiro atoms. The largest absolute Gasteiger partial charge is 0.385 e. The van der Waals surface area contributed by atoms with E-state index in [1.807, 2.05) is 13.8 Å². The molecule has 0 amide bonds. The molecule has 19 heavy (non-hydrogen) atoms. The predicted molar refractivity (Wildman–Crippen MR) is 71.8 cm³/mol. The van der Waals surface area contributed by atoms with Crippen molar-refractivity contribution < 1.29 is 14.1 Å². The van der Waals surface area contributed by atoms with Gasteiger partial charge in [0, 0.05) is 20.3 Å². The van der Waals surface area contributed by atoms with E-state index in [9.17, 15) is 14.5 Å². The molecule has 0 saturated heterocycles. The number of nitro benzene ring substituents is 1. The zero-order valence-corrected chi connectivity index (χ0v) is 11.4. The number of benzene rings is 1. The second-order valence-corrected chi connectivity index (χ2v) is 5.18. The lowest BCUT2D eigenvalue weighted by Gasteiger charge is -2.25.